The predicted octanol–water partition coefficient (Wildman–Crippen LogP) is -0.516. The molecule has 222 valence electrons. The van der Waals surface area contributed by atoms with Crippen molar-refractivity contribution in [3.63, 3.8) is 0 Å². The summed E-state index contributed by atoms with van der Waals surface area (Å²) in [7, 11) is 0. The fraction of sp³-hybridized carbons (Fsp3) is 0.286. The van der Waals surface area contributed by atoms with Gasteiger partial charge in [0.1, 0.15) is 23.9 Å². The fourth-order valence-corrected chi connectivity index (χ4v) is 4.06. The highest BCUT2D eigenvalue weighted by atomic mass is 16.4. The zero-order valence-electron chi connectivity index (χ0n) is 22.4. The Hall–Kier alpha value is -5.24. The number of hydrogen-bond acceptors (Lipinski definition) is 8. The van der Waals surface area contributed by atoms with E-state index >= 15 is 0 Å². The highest BCUT2D eigenvalue weighted by Crippen LogP contribution is 2.12. The van der Waals surface area contributed by atoms with E-state index in [0.717, 1.165) is 0 Å². The van der Waals surface area contributed by atoms with Crippen LogP contribution in [0.2, 0.25) is 0 Å². The number of nitrogens with two attached hydrogens (primary N) is 1. The normalized spacial score (nSPS) is 13.6. The molecule has 9 N–H and O–H groups in total. The Kier molecular flexibility index (Phi) is 11.1. The molecule has 14 heteroatoms. The van der Waals surface area contributed by atoms with Gasteiger partial charge in [-0.05, 0) is 23.3 Å². The van der Waals surface area contributed by atoms with Crippen LogP contribution in [0.5, 0.6) is 5.75 Å². The third kappa shape index (κ3) is 9.75. The number of phenols is 1. The van der Waals surface area contributed by atoms with Gasteiger partial charge in [0.2, 0.25) is 17.7 Å². The number of amides is 3. The van der Waals surface area contributed by atoms with Gasteiger partial charge in [-0.2, -0.15) is 0 Å². The number of nitrogens with zero attached hydrogens (tertiary/aromatic N) is 1. The third-order valence-corrected chi connectivity index (χ3v) is 6.25. The molecule has 0 fully saturated rings. The summed E-state index contributed by atoms with van der Waals surface area (Å²) >= 11 is 0. The third-order valence-electron chi connectivity index (χ3n) is 6.25. The van der Waals surface area contributed by atoms with E-state index in [1.54, 1.807) is 30.3 Å². The van der Waals surface area contributed by atoms with E-state index in [1.165, 1.54) is 36.8 Å². The molecule has 3 aromatic rings. The smallest absolute Gasteiger partial charge is 0.326 e. The van der Waals surface area contributed by atoms with Gasteiger partial charge < -0.3 is 42.0 Å². The Bertz CT molecular complexity index is 1360. The van der Waals surface area contributed by atoms with Gasteiger partial charge >= 0.3 is 11.9 Å². The topological polar surface area (TPSA) is 237 Å². The number of aromatic amines is 1. The molecule has 1 aromatic heterocycles. The van der Waals surface area contributed by atoms with Crippen LogP contribution in [-0.2, 0) is 43.2 Å². The van der Waals surface area contributed by atoms with Gasteiger partial charge in [-0.1, -0.05) is 42.5 Å². The zero-order chi connectivity index (χ0) is 30.6. The Morgan fingerprint density at radius 2 is 1.31 bits per heavy atom. The summed E-state index contributed by atoms with van der Waals surface area (Å²) in [6.45, 7) is 0. The first-order valence-electron chi connectivity index (χ1n) is 12.9. The molecule has 14 nitrogen and oxygen atoms in total. The fourth-order valence-electron chi connectivity index (χ4n) is 4.06. The highest BCUT2D eigenvalue weighted by Gasteiger charge is 2.31. The molecule has 0 spiro atoms. The molecule has 2 aromatic carbocycles. The molecule has 4 unspecified atom stereocenters. The molecule has 4 atom stereocenters. The summed E-state index contributed by atoms with van der Waals surface area (Å²) in [6, 6.07) is 9.17. The summed E-state index contributed by atoms with van der Waals surface area (Å²) in [4.78, 5) is 69.2. The van der Waals surface area contributed by atoms with Crippen molar-refractivity contribution in [1.29, 1.82) is 0 Å². The number of rotatable bonds is 15. The molecular formula is C28H32N6O8. The van der Waals surface area contributed by atoms with Crippen LogP contribution in [0.15, 0.2) is 67.1 Å². The van der Waals surface area contributed by atoms with Crippen molar-refractivity contribution < 1.29 is 39.3 Å². The number of aromatic hydroxyl groups is 1. The Balaban J connectivity index is 1.81. The molecule has 0 saturated carbocycles. The van der Waals surface area contributed by atoms with Crippen LogP contribution in [-0.4, -0.2) is 79.1 Å². The molecule has 0 bridgehead atoms. The first-order valence-corrected chi connectivity index (χ1v) is 12.9. The molecule has 1 heterocycles. The van der Waals surface area contributed by atoms with Gasteiger partial charge in [0, 0.05) is 31.2 Å². The molecule has 42 heavy (non-hydrogen) atoms. The zero-order valence-corrected chi connectivity index (χ0v) is 22.4. The number of H-pyrrole nitrogens is 1. The van der Waals surface area contributed by atoms with E-state index in [0.29, 0.717) is 16.8 Å². The van der Waals surface area contributed by atoms with Gasteiger partial charge in [0.15, 0.2) is 0 Å². The largest absolute Gasteiger partial charge is 0.508 e. The Morgan fingerprint density at radius 3 is 1.88 bits per heavy atom. The first kappa shape index (κ1) is 31.3. The SMILES string of the molecule is NC(CC(=O)O)C(=O)NC(Cc1ccccc1)C(=O)NC(Cc1cnc[nH]1)C(=O)NC(Cc1ccc(O)cc1)C(=O)O. The second-order valence-corrected chi connectivity index (χ2v) is 9.57. The number of hydrogen-bond donors (Lipinski definition) is 8. The number of phenolic OH excluding ortho intramolecular Hbond substituents is 1. The number of aromatic nitrogens is 2. The number of carbonyl (C=O) groups is 5. The minimum Gasteiger partial charge on any atom is -0.508 e. The minimum absolute atomic E-state index is 0.00180. The molecule has 0 aliphatic rings. The lowest BCUT2D eigenvalue weighted by atomic mass is 10.0. The van der Waals surface area contributed by atoms with Crippen LogP contribution in [0.4, 0.5) is 0 Å². The van der Waals surface area contributed by atoms with Crippen LogP contribution in [0.25, 0.3) is 0 Å². The molecular weight excluding hydrogens is 548 g/mol. The van der Waals surface area contributed by atoms with E-state index < -0.39 is 60.2 Å². The maximum atomic E-state index is 13.5. The maximum Gasteiger partial charge on any atom is 0.326 e. The van der Waals surface area contributed by atoms with Crippen molar-refractivity contribution >= 4 is 29.7 Å². The van der Waals surface area contributed by atoms with Crippen LogP contribution in [0.3, 0.4) is 0 Å². The predicted molar refractivity (Wildman–Crippen MR) is 148 cm³/mol. The van der Waals surface area contributed by atoms with E-state index in [9.17, 15) is 34.2 Å². The minimum atomic E-state index is -1.42. The lowest BCUT2D eigenvalue weighted by Crippen LogP contribution is -2.58. The van der Waals surface area contributed by atoms with Crippen LogP contribution in [0, 0.1) is 0 Å². The number of aliphatic carboxylic acids is 2. The Morgan fingerprint density at radius 1 is 0.762 bits per heavy atom. The highest BCUT2D eigenvalue weighted by molar-refractivity contribution is 5.95. The first-order chi connectivity index (χ1) is 20.0. The molecule has 3 amide bonds. The summed E-state index contributed by atoms with van der Waals surface area (Å²) < 4.78 is 0. The standard InChI is InChI=1S/C28H32N6O8/c29-20(13-24(36)37)25(38)32-21(10-16-4-2-1-3-5-16)26(39)33-22(12-18-14-30-15-31-18)27(40)34-23(28(41)42)11-17-6-8-19(35)9-7-17/h1-9,14-15,20-23,35H,10-13,29H2,(H,30,31)(H,32,38)(H,33,39)(H,34,40)(H,36,37)(H,41,42). The van der Waals surface area contributed by atoms with Gasteiger partial charge in [0.25, 0.3) is 0 Å². The summed E-state index contributed by atoms with van der Waals surface area (Å²) in [5, 5.41) is 35.7. The molecule has 0 aliphatic heterocycles. The van der Waals surface area contributed by atoms with Crippen molar-refractivity contribution in [2.45, 2.75) is 49.9 Å². The van der Waals surface area contributed by atoms with Gasteiger partial charge in [-0.3, -0.25) is 19.2 Å². The number of imidazole rings is 1. The van der Waals surface area contributed by atoms with Crippen molar-refractivity contribution in [3.05, 3.63) is 83.9 Å². The summed E-state index contributed by atoms with van der Waals surface area (Å²) in [5.74, 6) is -5.07. The van der Waals surface area contributed by atoms with Crippen LogP contribution in [0.1, 0.15) is 23.2 Å². The van der Waals surface area contributed by atoms with Gasteiger partial charge in [0.05, 0.1) is 18.8 Å². The van der Waals surface area contributed by atoms with Crippen molar-refractivity contribution in [3.8, 4) is 5.75 Å². The molecule has 3 rings (SSSR count). The Labute approximate surface area is 240 Å². The number of benzene rings is 2. The van der Waals surface area contributed by atoms with Crippen molar-refractivity contribution in [2.24, 2.45) is 5.73 Å². The number of carboxylic acids is 2. The second kappa shape index (κ2) is 14.9. The van der Waals surface area contributed by atoms with E-state index in [4.69, 9.17) is 10.8 Å². The summed E-state index contributed by atoms with van der Waals surface area (Å²) in [6.07, 6.45) is 1.96. The monoisotopic (exact) mass is 580 g/mol. The number of nitrogens with one attached hydrogen (secondary N) is 4. The van der Waals surface area contributed by atoms with E-state index in [-0.39, 0.29) is 25.0 Å². The van der Waals surface area contributed by atoms with Crippen molar-refractivity contribution in [2.75, 3.05) is 0 Å². The lowest BCUT2D eigenvalue weighted by molar-refractivity contribution is -0.142. The van der Waals surface area contributed by atoms with Crippen LogP contribution >= 0.6 is 0 Å². The lowest BCUT2D eigenvalue weighted by Gasteiger charge is -2.25. The summed E-state index contributed by atoms with van der Waals surface area (Å²) in [5.41, 5.74) is 7.36. The van der Waals surface area contributed by atoms with Gasteiger partial charge in [-0.15, -0.1) is 0 Å². The molecule has 0 radical (unpaired) electrons. The molecule has 0 saturated heterocycles. The van der Waals surface area contributed by atoms with Gasteiger partial charge in [-0.25, -0.2) is 9.78 Å². The second-order valence-electron chi connectivity index (χ2n) is 9.57. The number of carboxylic acid groups (broad SMARTS) is 2. The number of carbonyl (C=O) groups excluding carboxylic acids is 3. The molecule has 0 aliphatic carbocycles. The van der Waals surface area contributed by atoms with Crippen LogP contribution < -0.4 is 21.7 Å². The maximum absolute atomic E-state index is 13.5. The van der Waals surface area contributed by atoms with E-state index in [2.05, 4.69) is 25.9 Å². The quantitative estimate of drug-likeness (QED) is 0.114. The van der Waals surface area contributed by atoms with E-state index in [1.807, 2.05) is 0 Å². The average molecular weight is 581 g/mol. The van der Waals surface area contributed by atoms with Crippen molar-refractivity contribution in [1.82, 2.24) is 25.9 Å². The average Bonchev–Trinajstić information content (AvgIpc) is 3.46.